The Labute approximate surface area is 116 Å². The van der Waals surface area contributed by atoms with Crippen LogP contribution in [0.2, 0.25) is 0 Å². The summed E-state index contributed by atoms with van der Waals surface area (Å²) in [5.74, 6) is -0.813. The first kappa shape index (κ1) is 13.8. The van der Waals surface area contributed by atoms with Gasteiger partial charge in [0.15, 0.2) is 0 Å². The van der Waals surface area contributed by atoms with E-state index < -0.39 is 11.8 Å². The van der Waals surface area contributed by atoms with E-state index in [1.165, 1.54) is 18.2 Å². The molecule has 0 N–H and O–H groups in total. The molecule has 2 rings (SSSR count). The van der Waals surface area contributed by atoms with Crippen LogP contribution >= 0.6 is 0 Å². The minimum absolute atomic E-state index is 0.309. The molecule has 0 spiro atoms. The number of hydrogen-bond donors (Lipinski definition) is 0. The summed E-state index contributed by atoms with van der Waals surface area (Å²) in [5, 5.41) is 9.04. The second-order valence-electron chi connectivity index (χ2n) is 4.10. The molecule has 3 nitrogen and oxygen atoms in total. The minimum atomic E-state index is -0.409. The molecule has 0 unspecified atom stereocenters. The van der Waals surface area contributed by atoms with Crippen LogP contribution in [0.4, 0.5) is 4.39 Å². The molecule has 0 heterocycles. The van der Waals surface area contributed by atoms with Gasteiger partial charge in [-0.3, -0.25) is 0 Å². The molecule has 0 amide bonds. The topological polar surface area (TPSA) is 50.1 Å². The highest BCUT2D eigenvalue weighted by atomic mass is 19.1. The zero-order chi connectivity index (χ0) is 14.5. The Morgan fingerprint density at radius 2 is 1.95 bits per heavy atom. The monoisotopic (exact) mass is 269 g/mol. The van der Waals surface area contributed by atoms with E-state index in [9.17, 15) is 9.18 Å². The van der Waals surface area contributed by atoms with Crippen LogP contribution in [0.3, 0.4) is 0 Å². The number of rotatable bonds is 3. The van der Waals surface area contributed by atoms with Crippen LogP contribution in [-0.4, -0.2) is 12.6 Å². The summed E-state index contributed by atoms with van der Waals surface area (Å²) in [6, 6.07) is 12.5. The number of nitrogens with zero attached hydrogens (tertiary/aromatic N) is 1. The number of ether oxygens (including phenoxy) is 1. The van der Waals surface area contributed by atoms with Gasteiger partial charge in [-0.05, 0) is 42.8 Å². The molecule has 0 saturated heterocycles. The van der Waals surface area contributed by atoms with Crippen LogP contribution in [0.25, 0.3) is 11.1 Å². The van der Waals surface area contributed by atoms with E-state index in [1.54, 1.807) is 31.2 Å². The Balaban J connectivity index is 2.38. The fourth-order valence-electron chi connectivity index (χ4n) is 1.85. The van der Waals surface area contributed by atoms with Crippen LogP contribution < -0.4 is 0 Å². The molecule has 0 saturated carbocycles. The first-order valence-corrected chi connectivity index (χ1v) is 6.13. The third-order valence-electron chi connectivity index (χ3n) is 2.81. The second-order valence-corrected chi connectivity index (χ2v) is 4.10. The molecule has 20 heavy (non-hydrogen) atoms. The highest BCUT2D eigenvalue weighted by Gasteiger charge is 2.09. The fraction of sp³-hybridized carbons (Fsp3) is 0.125. The van der Waals surface area contributed by atoms with Gasteiger partial charge in [-0.1, -0.05) is 12.1 Å². The Kier molecular flexibility index (Phi) is 4.11. The number of carbonyl (C=O) groups excluding carboxylic acids is 1. The van der Waals surface area contributed by atoms with E-state index in [2.05, 4.69) is 0 Å². The average Bonchev–Trinajstić information content (AvgIpc) is 2.47. The summed E-state index contributed by atoms with van der Waals surface area (Å²) in [6.07, 6.45) is 0. The van der Waals surface area contributed by atoms with Crippen molar-refractivity contribution < 1.29 is 13.9 Å². The normalized spacial score (nSPS) is 9.85. The van der Waals surface area contributed by atoms with Gasteiger partial charge in [-0.2, -0.15) is 5.26 Å². The smallest absolute Gasteiger partial charge is 0.338 e. The van der Waals surface area contributed by atoms with Crippen molar-refractivity contribution in [3.63, 3.8) is 0 Å². The second kappa shape index (κ2) is 5.98. The van der Waals surface area contributed by atoms with Crippen molar-refractivity contribution >= 4 is 5.97 Å². The van der Waals surface area contributed by atoms with Gasteiger partial charge >= 0.3 is 5.97 Å². The van der Waals surface area contributed by atoms with Gasteiger partial charge in [0, 0.05) is 5.56 Å². The summed E-state index contributed by atoms with van der Waals surface area (Å²) in [4.78, 5) is 11.5. The third-order valence-corrected chi connectivity index (χ3v) is 2.81. The molecular formula is C16H12FNO2. The van der Waals surface area contributed by atoms with E-state index >= 15 is 0 Å². The predicted molar refractivity (Wildman–Crippen MR) is 72.5 cm³/mol. The van der Waals surface area contributed by atoms with Crippen molar-refractivity contribution in [2.45, 2.75) is 6.92 Å². The van der Waals surface area contributed by atoms with Gasteiger partial charge in [0.2, 0.25) is 0 Å². The number of halogens is 1. The van der Waals surface area contributed by atoms with Crippen LogP contribution in [0.1, 0.15) is 22.8 Å². The van der Waals surface area contributed by atoms with E-state index in [0.29, 0.717) is 28.9 Å². The zero-order valence-corrected chi connectivity index (χ0v) is 10.9. The van der Waals surface area contributed by atoms with E-state index in [-0.39, 0.29) is 0 Å². The lowest BCUT2D eigenvalue weighted by atomic mass is 9.99. The maximum absolute atomic E-state index is 13.3. The van der Waals surface area contributed by atoms with E-state index in [1.807, 2.05) is 6.07 Å². The van der Waals surface area contributed by atoms with Gasteiger partial charge in [0.1, 0.15) is 5.82 Å². The molecule has 2 aromatic carbocycles. The molecule has 0 aliphatic carbocycles. The number of esters is 1. The van der Waals surface area contributed by atoms with Crippen LogP contribution in [0.5, 0.6) is 0 Å². The summed E-state index contributed by atoms with van der Waals surface area (Å²) < 4.78 is 18.2. The average molecular weight is 269 g/mol. The molecule has 100 valence electrons. The lowest BCUT2D eigenvalue weighted by Gasteiger charge is -2.06. The Hall–Kier alpha value is -2.67. The summed E-state index contributed by atoms with van der Waals surface area (Å²) in [7, 11) is 0. The zero-order valence-electron chi connectivity index (χ0n) is 10.9. The van der Waals surface area contributed by atoms with E-state index in [4.69, 9.17) is 10.00 Å². The van der Waals surface area contributed by atoms with Crippen molar-refractivity contribution in [2.75, 3.05) is 6.61 Å². The van der Waals surface area contributed by atoms with Crippen molar-refractivity contribution in [3.8, 4) is 17.2 Å². The molecule has 0 atom stereocenters. The molecule has 0 aliphatic rings. The Morgan fingerprint density at radius 1 is 1.25 bits per heavy atom. The molecule has 4 heteroatoms. The lowest BCUT2D eigenvalue weighted by molar-refractivity contribution is 0.0526. The largest absolute Gasteiger partial charge is 0.462 e. The van der Waals surface area contributed by atoms with E-state index in [0.717, 1.165) is 0 Å². The van der Waals surface area contributed by atoms with Crippen molar-refractivity contribution in [3.05, 3.63) is 59.4 Å². The molecule has 0 aromatic heterocycles. The first-order valence-electron chi connectivity index (χ1n) is 6.13. The van der Waals surface area contributed by atoms with Gasteiger partial charge in [0.25, 0.3) is 0 Å². The van der Waals surface area contributed by atoms with Gasteiger partial charge in [-0.15, -0.1) is 0 Å². The summed E-state index contributed by atoms with van der Waals surface area (Å²) in [6.45, 7) is 2.04. The van der Waals surface area contributed by atoms with Gasteiger partial charge in [-0.25, -0.2) is 9.18 Å². The molecule has 0 radical (unpaired) electrons. The van der Waals surface area contributed by atoms with Crippen LogP contribution in [0, 0.1) is 17.1 Å². The van der Waals surface area contributed by atoms with Crippen molar-refractivity contribution in [1.82, 2.24) is 0 Å². The quantitative estimate of drug-likeness (QED) is 0.801. The number of hydrogen-bond acceptors (Lipinski definition) is 3. The number of benzene rings is 2. The van der Waals surface area contributed by atoms with Crippen LogP contribution in [-0.2, 0) is 4.74 Å². The molecule has 0 aliphatic heterocycles. The maximum atomic E-state index is 13.3. The Bertz CT molecular complexity index is 672. The molecule has 0 fully saturated rings. The predicted octanol–water partition coefficient (Wildman–Crippen LogP) is 3.54. The van der Waals surface area contributed by atoms with Gasteiger partial charge < -0.3 is 4.74 Å². The SMILES string of the molecule is CCOC(=O)c1ccc(-c2cc(F)ccc2C#N)cc1. The lowest BCUT2D eigenvalue weighted by Crippen LogP contribution is -2.04. The van der Waals surface area contributed by atoms with Crippen molar-refractivity contribution in [1.29, 1.82) is 5.26 Å². The highest BCUT2D eigenvalue weighted by molar-refractivity contribution is 5.90. The third kappa shape index (κ3) is 2.83. The standard InChI is InChI=1S/C16H12FNO2/c1-2-20-16(19)12-5-3-11(4-6-12)15-9-14(17)8-7-13(15)10-18/h3-9H,2H2,1H3. The highest BCUT2D eigenvalue weighted by Crippen LogP contribution is 2.24. The van der Waals surface area contributed by atoms with Gasteiger partial charge in [0.05, 0.1) is 23.8 Å². The number of nitriles is 1. The molecule has 2 aromatic rings. The Morgan fingerprint density at radius 3 is 2.55 bits per heavy atom. The minimum Gasteiger partial charge on any atom is -0.462 e. The fourth-order valence-corrected chi connectivity index (χ4v) is 1.85. The van der Waals surface area contributed by atoms with Crippen LogP contribution in [0.15, 0.2) is 42.5 Å². The number of carbonyl (C=O) groups is 1. The van der Waals surface area contributed by atoms with Crippen molar-refractivity contribution in [2.24, 2.45) is 0 Å². The summed E-state index contributed by atoms with van der Waals surface area (Å²) >= 11 is 0. The maximum Gasteiger partial charge on any atom is 0.338 e. The summed E-state index contributed by atoms with van der Waals surface area (Å²) in [5.41, 5.74) is 1.98. The molecule has 0 bridgehead atoms. The molecular weight excluding hydrogens is 257 g/mol. The first-order chi connectivity index (χ1) is 9.65.